The van der Waals surface area contributed by atoms with Crippen LogP contribution in [0.4, 0.5) is 0 Å². The van der Waals surface area contributed by atoms with E-state index in [2.05, 4.69) is 12.1 Å². The van der Waals surface area contributed by atoms with Crippen molar-refractivity contribution in [1.82, 2.24) is 0 Å². The maximum atomic E-state index is 6.04. The summed E-state index contributed by atoms with van der Waals surface area (Å²) >= 11 is 6.02. The number of halogens is 1. The average Bonchev–Trinajstić information content (AvgIpc) is 2.86. The van der Waals surface area contributed by atoms with Crippen LogP contribution >= 0.6 is 11.6 Å². The third-order valence-corrected chi connectivity index (χ3v) is 4.11. The molecular weight excluding hydrogens is 286 g/mol. The molecule has 1 atom stereocenters. The lowest BCUT2D eigenvalue weighted by Gasteiger charge is -2.12. The normalized spacial score (nSPS) is 16.6. The largest absolute Gasteiger partial charge is 0.496 e. The molecule has 0 unspecified atom stereocenters. The van der Waals surface area contributed by atoms with Crippen LogP contribution in [0.3, 0.4) is 0 Å². The van der Waals surface area contributed by atoms with Crippen LogP contribution in [0.25, 0.3) is 0 Å². The Kier molecular flexibility index (Phi) is 4.04. The number of aryl methyl sites for hydroxylation is 1. The number of methoxy groups -OCH3 is 1. The van der Waals surface area contributed by atoms with Gasteiger partial charge in [-0.15, -0.1) is 0 Å². The highest BCUT2D eigenvalue weighted by Crippen LogP contribution is 2.32. The van der Waals surface area contributed by atoms with Crippen LogP contribution in [-0.4, -0.2) is 7.11 Å². The molecule has 2 aromatic carbocycles. The second-order valence-electron chi connectivity index (χ2n) is 5.25. The number of hydrogen-bond donors (Lipinski definition) is 1. The van der Waals surface area contributed by atoms with Crippen LogP contribution in [0, 0.1) is 0 Å². The summed E-state index contributed by atoms with van der Waals surface area (Å²) in [5, 5.41) is 0.675. The van der Waals surface area contributed by atoms with Gasteiger partial charge in [-0.25, -0.2) is 0 Å². The van der Waals surface area contributed by atoms with E-state index in [4.69, 9.17) is 26.8 Å². The zero-order chi connectivity index (χ0) is 14.8. The first-order valence-electron chi connectivity index (χ1n) is 7.01. The predicted molar refractivity (Wildman–Crippen MR) is 84.0 cm³/mol. The minimum atomic E-state index is 0.169. The molecule has 0 spiro atoms. The number of rotatable bonds is 4. The number of fused-ring (bicyclic) bond motifs is 1. The first-order valence-corrected chi connectivity index (χ1v) is 7.39. The zero-order valence-electron chi connectivity index (χ0n) is 11.9. The van der Waals surface area contributed by atoms with E-state index in [-0.39, 0.29) is 6.04 Å². The highest BCUT2D eigenvalue weighted by Gasteiger charge is 2.19. The molecular formula is C17H18ClNO2. The van der Waals surface area contributed by atoms with E-state index >= 15 is 0 Å². The maximum Gasteiger partial charge on any atom is 0.125 e. The van der Waals surface area contributed by atoms with Crippen LogP contribution in [0.15, 0.2) is 36.4 Å². The second-order valence-corrected chi connectivity index (χ2v) is 5.69. The van der Waals surface area contributed by atoms with E-state index < -0.39 is 0 Å². The number of benzene rings is 2. The smallest absolute Gasteiger partial charge is 0.125 e. The highest BCUT2D eigenvalue weighted by molar-refractivity contribution is 6.30. The van der Waals surface area contributed by atoms with Gasteiger partial charge in [0.15, 0.2) is 0 Å². The lowest BCUT2D eigenvalue weighted by molar-refractivity contribution is 0.296. The summed E-state index contributed by atoms with van der Waals surface area (Å²) in [7, 11) is 1.64. The molecule has 0 radical (unpaired) electrons. The van der Waals surface area contributed by atoms with Crippen LogP contribution in [0.1, 0.15) is 29.2 Å². The first kappa shape index (κ1) is 14.2. The van der Waals surface area contributed by atoms with Crippen molar-refractivity contribution in [3.05, 3.63) is 58.1 Å². The molecule has 4 heteroatoms. The van der Waals surface area contributed by atoms with Crippen molar-refractivity contribution < 1.29 is 9.47 Å². The van der Waals surface area contributed by atoms with Crippen molar-refractivity contribution in [2.45, 2.75) is 25.5 Å². The first-order chi connectivity index (χ1) is 10.2. The summed E-state index contributed by atoms with van der Waals surface area (Å²) in [5.41, 5.74) is 9.51. The third kappa shape index (κ3) is 2.99. The number of hydrogen-bond acceptors (Lipinski definition) is 3. The lowest BCUT2D eigenvalue weighted by atomic mass is 10.1. The number of ether oxygens (including phenoxy) is 2. The predicted octanol–water partition coefficient (Wildman–Crippen LogP) is 3.87. The SMILES string of the molecule is COc1ccc(Cl)cc1COc1ccc2c(c1)CC[C@@H]2N. The van der Waals surface area contributed by atoms with E-state index in [1.807, 2.05) is 18.2 Å². The van der Waals surface area contributed by atoms with E-state index in [1.165, 1.54) is 11.1 Å². The Morgan fingerprint density at radius 3 is 2.90 bits per heavy atom. The number of nitrogens with two attached hydrogens (primary N) is 1. The van der Waals surface area contributed by atoms with E-state index in [0.717, 1.165) is 29.9 Å². The average molecular weight is 304 g/mol. The molecule has 21 heavy (non-hydrogen) atoms. The third-order valence-electron chi connectivity index (χ3n) is 3.88. The van der Waals surface area contributed by atoms with Crippen molar-refractivity contribution >= 4 is 11.6 Å². The van der Waals surface area contributed by atoms with Crippen LogP contribution in [-0.2, 0) is 13.0 Å². The minimum absolute atomic E-state index is 0.169. The molecule has 0 bridgehead atoms. The van der Waals surface area contributed by atoms with E-state index in [9.17, 15) is 0 Å². The molecule has 2 N–H and O–H groups in total. The van der Waals surface area contributed by atoms with E-state index in [1.54, 1.807) is 13.2 Å². The van der Waals surface area contributed by atoms with E-state index in [0.29, 0.717) is 11.6 Å². The van der Waals surface area contributed by atoms with Gasteiger partial charge in [-0.3, -0.25) is 0 Å². The molecule has 0 fully saturated rings. The van der Waals surface area contributed by atoms with Gasteiger partial charge in [0.25, 0.3) is 0 Å². The van der Waals surface area contributed by atoms with Gasteiger partial charge in [-0.1, -0.05) is 17.7 Å². The van der Waals surface area contributed by atoms with Crippen LogP contribution in [0.5, 0.6) is 11.5 Å². The molecule has 0 aromatic heterocycles. The molecule has 0 saturated heterocycles. The maximum absolute atomic E-state index is 6.04. The monoisotopic (exact) mass is 303 g/mol. The van der Waals surface area contributed by atoms with Crippen molar-refractivity contribution in [2.24, 2.45) is 5.73 Å². The summed E-state index contributed by atoms with van der Waals surface area (Å²) < 4.78 is 11.2. The summed E-state index contributed by atoms with van der Waals surface area (Å²) in [4.78, 5) is 0. The fourth-order valence-corrected chi connectivity index (χ4v) is 2.93. The standard InChI is InChI=1S/C17H18ClNO2/c1-20-17-7-3-13(18)8-12(17)10-21-14-4-5-15-11(9-14)2-6-16(15)19/h3-5,7-9,16H,2,6,10,19H2,1H3/t16-/m0/s1. The van der Waals surface area contributed by atoms with Gasteiger partial charge in [0.2, 0.25) is 0 Å². The van der Waals surface area contributed by atoms with Crippen molar-refractivity contribution in [3.8, 4) is 11.5 Å². The second kappa shape index (κ2) is 5.96. The van der Waals surface area contributed by atoms with Crippen LogP contribution < -0.4 is 15.2 Å². The van der Waals surface area contributed by atoms with Crippen molar-refractivity contribution in [1.29, 1.82) is 0 Å². The van der Waals surface area contributed by atoms with Gasteiger partial charge in [-0.2, -0.15) is 0 Å². The van der Waals surface area contributed by atoms with Gasteiger partial charge in [0.1, 0.15) is 18.1 Å². The molecule has 1 aliphatic carbocycles. The Bertz CT molecular complexity index is 657. The molecule has 0 amide bonds. The van der Waals surface area contributed by atoms with Crippen molar-refractivity contribution in [3.63, 3.8) is 0 Å². The van der Waals surface area contributed by atoms with Crippen LogP contribution in [0.2, 0.25) is 5.02 Å². The topological polar surface area (TPSA) is 44.5 Å². The van der Waals surface area contributed by atoms with Crippen molar-refractivity contribution in [2.75, 3.05) is 7.11 Å². The molecule has 0 saturated carbocycles. The molecule has 110 valence electrons. The van der Waals surface area contributed by atoms with Gasteiger partial charge >= 0.3 is 0 Å². The molecule has 0 heterocycles. The molecule has 3 rings (SSSR count). The Hall–Kier alpha value is -1.71. The fraction of sp³-hybridized carbons (Fsp3) is 0.294. The molecule has 0 aliphatic heterocycles. The van der Waals surface area contributed by atoms with Gasteiger partial charge in [0, 0.05) is 16.6 Å². The molecule has 1 aliphatic rings. The lowest BCUT2D eigenvalue weighted by Crippen LogP contribution is -2.05. The Balaban J connectivity index is 1.75. The van der Waals surface area contributed by atoms with Gasteiger partial charge in [0.05, 0.1) is 7.11 Å². The summed E-state index contributed by atoms with van der Waals surface area (Å²) in [5.74, 6) is 1.63. The Morgan fingerprint density at radius 2 is 2.10 bits per heavy atom. The fourth-order valence-electron chi connectivity index (χ4n) is 2.74. The Labute approximate surface area is 129 Å². The van der Waals surface area contributed by atoms with Gasteiger partial charge in [-0.05, 0) is 54.3 Å². The molecule has 2 aromatic rings. The van der Waals surface area contributed by atoms with Gasteiger partial charge < -0.3 is 15.2 Å². The summed E-state index contributed by atoms with van der Waals surface area (Å²) in [6.07, 6.45) is 2.04. The Morgan fingerprint density at radius 1 is 1.24 bits per heavy atom. The minimum Gasteiger partial charge on any atom is -0.496 e. The summed E-state index contributed by atoms with van der Waals surface area (Å²) in [6.45, 7) is 0.425. The molecule has 3 nitrogen and oxygen atoms in total. The zero-order valence-corrected chi connectivity index (χ0v) is 12.7. The quantitative estimate of drug-likeness (QED) is 0.932. The summed E-state index contributed by atoms with van der Waals surface area (Å²) in [6, 6.07) is 11.8. The highest BCUT2D eigenvalue weighted by atomic mass is 35.5.